The van der Waals surface area contributed by atoms with Crippen LogP contribution in [0.15, 0.2) is 30.3 Å². The fourth-order valence-electron chi connectivity index (χ4n) is 2.05. The lowest BCUT2D eigenvalue weighted by Crippen LogP contribution is -2.37. The van der Waals surface area contributed by atoms with Crippen molar-refractivity contribution in [3.63, 3.8) is 0 Å². The monoisotopic (exact) mass is 251 g/mol. The van der Waals surface area contributed by atoms with Crippen LogP contribution in [0.4, 0.5) is 0 Å². The van der Waals surface area contributed by atoms with Crippen molar-refractivity contribution in [1.29, 1.82) is 0 Å². The molecule has 1 aliphatic heterocycles. The minimum absolute atomic E-state index is 0.403. The maximum Gasteiger partial charge on any atom is 0.312 e. The van der Waals surface area contributed by atoms with Crippen molar-refractivity contribution < 1.29 is 9.90 Å². The molecule has 1 aromatic rings. The molecule has 3 nitrogen and oxygen atoms in total. The van der Waals surface area contributed by atoms with Gasteiger partial charge in [-0.15, -0.1) is 0 Å². The summed E-state index contributed by atoms with van der Waals surface area (Å²) in [5.74, 6) is 1.09. The molecule has 1 unspecified atom stereocenters. The molecule has 1 saturated heterocycles. The van der Waals surface area contributed by atoms with Crippen LogP contribution in [0.25, 0.3) is 0 Å². The Hall–Kier alpha value is -1.00. The summed E-state index contributed by atoms with van der Waals surface area (Å²) in [5, 5.41) is 9.33. The van der Waals surface area contributed by atoms with Crippen LogP contribution in [0.2, 0.25) is 0 Å². The standard InChI is InChI=1S/C13H17NO2S/c15-13(16)12(11-4-2-1-3-5-11)10-14-6-8-17-9-7-14/h1-5,12H,6-10H2,(H,15,16). The lowest BCUT2D eigenvalue weighted by atomic mass is 9.99. The summed E-state index contributed by atoms with van der Waals surface area (Å²) < 4.78 is 0. The third-order valence-electron chi connectivity index (χ3n) is 3.04. The third kappa shape index (κ3) is 3.48. The largest absolute Gasteiger partial charge is 0.481 e. The van der Waals surface area contributed by atoms with Crippen molar-refractivity contribution >= 4 is 17.7 Å². The Kier molecular flexibility index (Phi) is 4.45. The van der Waals surface area contributed by atoms with Gasteiger partial charge in [0.2, 0.25) is 0 Å². The van der Waals surface area contributed by atoms with Crippen molar-refractivity contribution in [3.8, 4) is 0 Å². The molecule has 1 aliphatic rings. The summed E-state index contributed by atoms with van der Waals surface area (Å²) in [6.07, 6.45) is 0. The minimum atomic E-state index is -0.727. The molecule has 0 amide bonds. The van der Waals surface area contributed by atoms with Gasteiger partial charge in [0, 0.05) is 31.1 Å². The van der Waals surface area contributed by atoms with E-state index in [2.05, 4.69) is 4.90 Å². The molecular weight excluding hydrogens is 234 g/mol. The van der Waals surface area contributed by atoms with Crippen LogP contribution in [-0.2, 0) is 4.79 Å². The SMILES string of the molecule is O=C(O)C(CN1CCSCC1)c1ccccc1. The molecule has 0 bridgehead atoms. The number of rotatable bonds is 4. The average Bonchev–Trinajstić information content (AvgIpc) is 2.38. The number of thioether (sulfide) groups is 1. The Balaban J connectivity index is 2.05. The van der Waals surface area contributed by atoms with E-state index in [0.717, 1.165) is 30.2 Å². The Morgan fingerprint density at radius 3 is 2.53 bits per heavy atom. The first-order chi connectivity index (χ1) is 8.27. The van der Waals surface area contributed by atoms with E-state index in [9.17, 15) is 9.90 Å². The molecule has 0 saturated carbocycles. The van der Waals surface area contributed by atoms with Gasteiger partial charge in [-0.1, -0.05) is 30.3 Å². The third-order valence-corrected chi connectivity index (χ3v) is 3.99. The summed E-state index contributed by atoms with van der Waals surface area (Å²) in [5.41, 5.74) is 0.901. The number of benzene rings is 1. The quantitative estimate of drug-likeness (QED) is 0.887. The Morgan fingerprint density at radius 2 is 1.94 bits per heavy atom. The summed E-state index contributed by atoms with van der Waals surface area (Å²) in [7, 11) is 0. The summed E-state index contributed by atoms with van der Waals surface area (Å²) in [4.78, 5) is 13.6. The van der Waals surface area contributed by atoms with Crippen LogP contribution in [0, 0.1) is 0 Å². The van der Waals surface area contributed by atoms with Crippen molar-refractivity contribution in [2.45, 2.75) is 5.92 Å². The maximum absolute atomic E-state index is 11.3. The zero-order valence-electron chi connectivity index (χ0n) is 9.71. The smallest absolute Gasteiger partial charge is 0.312 e. The number of carboxylic acids is 1. The van der Waals surface area contributed by atoms with Crippen LogP contribution in [0.1, 0.15) is 11.5 Å². The highest BCUT2D eigenvalue weighted by molar-refractivity contribution is 7.99. The first kappa shape index (κ1) is 12.5. The second-order valence-electron chi connectivity index (χ2n) is 4.21. The van der Waals surface area contributed by atoms with Gasteiger partial charge in [-0.25, -0.2) is 0 Å². The number of carbonyl (C=O) groups is 1. The second-order valence-corrected chi connectivity index (χ2v) is 5.44. The van der Waals surface area contributed by atoms with Crippen molar-refractivity contribution in [2.24, 2.45) is 0 Å². The molecule has 2 rings (SSSR count). The predicted molar refractivity (Wildman–Crippen MR) is 70.6 cm³/mol. The van der Waals surface area contributed by atoms with E-state index in [4.69, 9.17) is 0 Å². The molecule has 0 aliphatic carbocycles. The first-order valence-corrected chi connectivity index (χ1v) is 7.00. The van der Waals surface area contributed by atoms with Crippen molar-refractivity contribution in [2.75, 3.05) is 31.1 Å². The van der Waals surface area contributed by atoms with E-state index < -0.39 is 11.9 Å². The molecule has 92 valence electrons. The molecule has 1 N–H and O–H groups in total. The van der Waals surface area contributed by atoms with E-state index in [-0.39, 0.29) is 0 Å². The van der Waals surface area contributed by atoms with E-state index in [1.165, 1.54) is 0 Å². The van der Waals surface area contributed by atoms with Gasteiger partial charge >= 0.3 is 5.97 Å². The average molecular weight is 251 g/mol. The lowest BCUT2D eigenvalue weighted by molar-refractivity contribution is -0.139. The predicted octanol–water partition coefficient (Wildman–Crippen LogP) is 1.90. The van der Waals surface area contributed by atoms with Crippen LogP contribution in [0.5, 0.6) is 0 Å². The highest BCUT2D eigenvalue weighted by Gasteiger charge is 2.23. The number of hydrogen-bond donors (Lipinski definition) is 1. The topological polar surface area (TPSA) is 40.5 Å². The maximum atomic E-state index is 11.3. The highest BCUT2D eigenvalue weighted by Crippen LogP contribution is 2.19. The van der Waals surface area contributed by atoms with Crippen molar-refractivity contribution in [3.05, 3.63) is 35.9 Å². The highest BCUT2D eigenvalue weighted by atomic mass is 32.2. The normalized spacial score (nSPS) is 18.8. The van der Waals surface area contributed by atoms with E-state index in [1.54, 1.807) is 0 Å². The first-order valence-electron chi connectivity index (χ1n) is 5.85. The zero-order chi connectivity index (χ0) is 12.1. The van der Waals surface area contributed by atoms with Crippen LogP contribution < -0.4 is 0 Å². The van der Waals surface area contributed by atoms with Gasteiger partial charge in [-0.3, -0.25) is 4.79 Å². The Labute approximate surface area is 106 Å². The molecule has 0 radical (unpaired) electrons. The van der Waals surface area contributed by atoms with Gasteiger partial charge in [-0.05, 0) is 5.56 Å². The zero-order valence-corrected chi connectivity index (χ0v) is 10.5. The molecule has 1 fully saturated rings. The fraction of sp³-hybridized carbons (Fsp3) is 0.462. The van der Waals surface area contributed by atoms with Crippen LogP contribution in [0.3, 0.4) is 0 Å². The summed E-state index contributed by atoms with van der Waals surface area (Å²) in [6, 6.07) is 9.52. The van der Waals surface area contributed by atoms with Crippen molar-refractivity contribution in [1.82, 2.24) is 4.90 Å². The number of nitrogens with zero attached hydrogens (tertiary/aromatic N) is 1. The molecule has 4 heteroatoms. The molecule has 0 aromatic heterocycles. The van der Waals surface area contributed by atoms with E-state index in [1.807, 2.05) is 42.1 Å². The molecule has 1 aromatic carbocycles. The molecule has 1 heterocycles. The Morgan fingerprint density at radius 1 is 1.29 bits per heavy atom. The fourth-order valence-corrected chi connectivity index (χ4v) is 3.03. The van der Waals surface area contributed by atoms with Gasteiger partial charge < -0.3 is 10.0 Å². The van der Waals surface area contributed by atoms with Gasteiger partial charge in [0.25, 0.3) is 0 Å². The van der Waals surface area contributed by atoms with Crippen LogP contribution >= 0.6 is 11.8 Å². The molecule has 17 heavy (non-hydrogen) atoms. The molecule has 0 spiro atoms. The number of hydrogen-bond acceptors (Lipinski definition) is 3. The molecule has 1 atom stereocenters. The van der Waals surface area contributed by atoms with Crippen LogP contribution in [-0.4, -0.2) is 47.1 Å². The van der Waals surface area contributed by atoms with E-state index in [0.29, 0.717) is 6.54 Å². The lowest BCUT2D eigenvalue weighted by Gasteiger charge is -2.28. The summed E-state index contributed by atoms with van der Waals surface area (Å²) in [6.45, 7) is 2.63. The summed E-state index contributed by atoms with van der Waals surface area (Å²) >= 11 is 1.94. The number of aliphatic carboxylic acids is 1. The van der Waals surface area contributed by atoms with Gasteiger partial charge in [0.05, 0.1) is 5.92 Å². The van der Waals surface area contributed by atoms with Gasteiger partial charge in [0.15, 0.2) is 0 Å². The molecular formula is C13H17NO2S. The number of carboxylic acid groups (broad SMARTS) is 1. The Bertz CT molecular complexity index is 363. The van der Waals surface area contributed by atoms with Gasteiger partial charge in [-0.2, -0.15) is 11.8 Å². The van der Waals surface area contributed by atoms with E-state index >= 15 is 0 Å². The minimum Gasteiger partial charge on any atom is -0.481 e. The van der Waals surface area contributed by atoms with Gasteiger partial charge in [0.1, 0.15) is 0 Å². The second kappa shape index (κ2) is 6.07.